The number of hydrogen-bond donors (Lipinski definition) is 0. The third-order valence-electron chi connectivity index (χ3n) is 2.94. The van der Waals surface area contributed by atoms with Crippen molar-refractivity contribution in [1.29, 1.82) is 5.26 Å². The van der Waals surface area contributed by atoms with Crippen LogP contribution in [0.3, 0.4) is 0 Å². The lowest BCUT2D eigenvalue weighted by molar-refractivity contribution is 0.553. The van der Waals surface area contributed by atoms with Crippen molar-refractivity contribution in [3.05, 3.63) is 18.1 Å². The highest BCUT2D eigenvalue weighted by molar-refractivity contribution is 5.49. The molecule has 0 atom stereocenters. The van der Waals surface area contributed by atoms with Crippen molar-refractivity contribution in [2.75, 3.05) is 18.0 Å². The predicted octanol–water partition coefficient (Wildman–Crippen LogP) is 2.12. The van der Waals surface area contributed by atoms with Gasteiger partial charge < -0.3 is 4.90 Å². The Morgan fingerprint density at radius 1 is 1.00 bits per heavy atom. The van der Waals surface area contributed by atoms with Gasteiger partial charge in [-0.3, -0.25) is 0 Å². The van der Waals surface area contributed by atoms with E-state index in [1.54, 1.807) is 12.4 Å². The summed E-state index contributed by atoms with van der Waals surface area (Å²) in [6.07, 6.45) is 9.49. The van der Waals surface area contributed by atoms with E-state index in [9.17, 15) is 0 Å². The largest absolute Gasteiger partial charge is 0.354 e. The first-order valence-corrected chi connectivity index (χ1v) is 5.88. The molecule has 0 unspecified atom stereocenters. The second-order valence-corrected chi connectivity index (χ2v) is 4.10. The third-order valence-corrected chi connectivity index (χ3v) is 2.94. The molecule has 0 spiro atoms. The van der Waals surface area contributed by atoms with Crippen LogP contribution in [-0.2, 0) is 0 Å². The summed E-state index contributed by atoms with van der Waals surface area (Å²) in [7, 11) is 0. The third kappa shape index (κ3) is 2.48. The number of nitrogens with zero attached hydrogens (tertiary/aromatic N) is 4. The van der Waals surface area contributed by atoms with Gasteiger partial charge in [-0.2, -0.15) is 5.26 Å². The second kappa shape index (κ2) is 5.45. The minimum Gasteiger partial charge on any atom is -0.354 e. The molecule has 84 valence electrons. The van der Waals surface area contributed by atoms with Crippen molar-refractivity contribution >= 4 is 5.82 Å². The summed E-state index contributed by atoms with van der Waals surface area (Å²) in [5.74, 6) is 0.756. The molecule has 1 saturated heterocycles. The van der Waals surface area contributed by atoms with Crippen molar-refractivity contribution < 1.29 is 0 Å². The van der Waals surface area contributed by atoms with Gasteiger partial charge in [0.2, 0.25) is 0 Å². The Morgan fingerprint density at radius 3 is 2.31 bits per heavy atom. The number of rotatable bonds is 1. The highest BCUT2D eigenvalue weighted by atomic mass is 15.2. The van der Waals surface area contributed by atoms with E-state index in [1.807, 2.05) is 0 Å². The van der Waals surface area contributed by atoms with Gasteiger partial charge in [0.15, 0.2) is 11.5 Å². The smallest absolute Gasteiger partial charge is 0.183 e. The molecular weight excluding hydrogens is 200 g/mol. The molecule has 0 aliphatic carbocycles. The van der Waals surface area contributed by atoms with Gasteiger partial charge >= 0.3 is 0 Å². The number of hydrogen-bond acceptors (Lipinski definition) is 4. The Labute approximate surface area is 95.9 Å². The van der Waals surface area contributed by atoms with E-state index in [0.29, 0.717) is 5.69 Å². The fourth-order valence-corrected chi connectivity index (χ4v) is 2.10. The average molecular weight is 216 g/mol. The van der Waals surface area contributed by atoms with Gasteiger partial charge in [0.1, 0.15) is 6.07 Å². The van der Waals surface area contributed by atoms with Crippen molar-refractivity contribution in [3.8, 4) is 6.07 Å². The fourth-order valence-electron chi connectivity index (χ4n) is 2.10. The molecule has 16 heavy (non-hydrogen) atoms. The van der Waals surface area contributed by atoms with Crippen LogP contribution in [0.25, 0.3) is 0 Å². The van der Waals surface area contributed by atoms with Gasteiger partial charge in [-0.1, -0.05) is 19.3 Å². The molecule has 1 aliphatic rings. The quantitative estimate of drug-likeness (QED) is 0.721. The summed E-state index contributed by atoms with van der Waals surface area (Å²) in [5, 5.41) is 9.00. The zero-order chi connectivity index (χ0) is 11.2. The summed E-state index contributed by atoms with van der Waals surface area (Å²) in [5.41, 5.74) is 0.447. The van der Waals surface area contributed by atoms with Gasteiger partial charge in [-0.15, -0.1) is 0 Å². The summed E-state index contributed by atoms with van der Waals surface area (Å²) < 4.78 is 0. The van der Waals surface area contributed by atoms with E-state index in [1.165, 1.54) is 32.1 Å². The maximum Gasteiger partial charge on any atom is 0.183 e. The normalized spacial score (nSPS) is 17.3. The fraction of sp³-hybridized carbons (Fsp3) is 0.583. The molecule has 4 nitrogen and oxygen atoms in total. The Morgan fingerprint density at radius 2 is 1.62 bits per heavy atom. The average Bonchev–Trinajstić information content (AvgIpc) is 2.29. The van der Waals surface area contributed by atoms with Crippen LogP contribution in [0.15, 0.2) is 12.4 Å². The molecule has 0 radical (unpaired) electrons. The van der Waals surface area contributed by atoms with E-state index in [-0.39, 0.29) is 0 Å². The molecule has 0 N–H and O–H groups in total. The molecule has 1 fully saturated rings. The van der Waals surface area contributed by atoms with Gasteiger partial charge in [0.25, 0.3) is 0 Å². The van der Waals surface area contributed by atoms with E-state index in [0.717, 1.165) is 18.9 Å². The summed E-state index contributed by atoms with van der Waals surface area (Å²) >= 11 is 0. The Balaban J connectivity index is 2.17. The summed E-state index contributed by atoms with van der Waals surface area (Å²) in [4.78, 5) is 10.5. The van der Waals surface area contributed by atoms with Crippen LogP contribution >= 0.6 is 0 Å². The van der Waals surface area contributed by atoms with Gasteiger partial charge in [0, 0.05) is 25.5 Å². The van der Waals surface area contributed by atoms with Gasteiger partial charge in [-0.05, 0) is 12.8 Å². The summed E-state index contributed by atoms with van der Waals surface area (Å²) in [6.45, 7) is 1.99. The Kier molecular flexibility index (Phi) is 3.71. The lowest BCUT2D eigenvalue weighted by Crippen LogP contribution is -2.28. The molecule has 0 aromatic carbocycles. The van der Waals surface area contributed by atoms with Crippen LogP contribution in [0.4, 0.5) is 5.82 Å². The highest BCUT2D eigenvalue weighted by Crippen LogP contribution is 2.18. The molecular formula is C12H16N4. The Bertz CT molecular complexity index is 375. The minimum absolute atomic E-state index is 0.447. The van der Waals surface area contributed by atoms with Crippen molar-refractivity contribution in [2.45, 2.75) is 32.1 Å². The molecule has 0 bridgehead atoms. The molecule has 2 rings (SSSR count). The van der Waals surface area contributed by atoms with E-state index >= 15 is 0 Å². The van der Waals surface area contributed by atoms with Crippen molar-refractivity contribution in [1.82, 2.24) is 9.97 Å². The van der Waals surface area contributed by atoms with Crippen molar-refractivity contribution in [3.63, 3.8) is 0 Å². The molecule has 1 aliphatic heterocycles. The van der Waals surface area contributed by atoms with Crippen LogP contribution in [0, 0.1) is 11.3 Å². The van der Waals surface area contributed by atoms with E-state index < -0.39 is 0 Å². The maximum absolute atomic E-state index is 9.00. The van der Waals surface area contributed by atoms with Crippen LogP contribution in [0.5, 0.6) is 0 Å². The topological polar surface area (TPSA) is 52.8 Å². The van der Waals surface area contributed by atoms with Crippen LogP contribution in [-0.4, -0.2) is 23.1 Å². The first-order chi connectivity index (χ1) is 7.92. The minimum atomic E-state index is 0.447. The standard InChI is InChI=1S/C12H16N4/c13-10-11-12(15-7-6-14-11)16-8-4-2-1-3-5-9-16/h6-7H,1-5,8-9H2. The monoisotopic (exact) mass is 216 g/mol. The summed E-state index contributed by atoms with van der Waals surface area (Å²) in [6, 6.07) is 2.11. The molecule has 4 heteroatoms. The van der Waals surface area contributed by atoms with Crippen LogP contribution < -0.4 is 4.90 Å². The number of anilines is 1. The van der Waals surface area contributed by atoms with Crippen LogP contribution in [0.1, 0.15) is 37.8 Å². The SMILES string of the molecule is N#Cc1nccnc1N1CCCCCCC1. The first kappa shape index (κ1) is 10.9. The highest BCUT2D eigenvalue weighted by Gasteiger charge is 2.14. The zero-order valence-electron chi connectivity index (χ0n) is 9.39. The molecule has 0 amide bonds. The first-order valence-electron chi connectivity index (χ1n) is 5.88. The molecule has 2 heterocycles. The van der Waals surface area contributed by atoms with Gasteiger partial charge in [0.05, 0.1) is 0 Å². The maximum atomic E-state index is 9.00. The lowest BCUT2D eigenvalue weighted by atomic mass is 10.1. The van der Waals surface area contributed by atoms with Gasteiger partial charge in [-0.25, -0.2) is 9.97 Å². The molecule has 1 aromatic heterocycles. The zero-order valence-corrected chi connectivity index (χ0v) is 9.39. The number of aromatic nitrogens is 2. The lowest BCUT2D eigenvalue weighted by Gasteiger charge is -2.25. The molecule has 0 saturated carbocycles. The Hall–Kier alpha value is -1.63. The number of nitriles is 1. The predicted molar refractivity (Wildman–Crippen MR) is 62.0 cm³/mol. The van der Waals surface area contributed by atoms with Crippen LogP contribution in [0.2, 0.25) is 0 Å². The second-order valence-electron chi connectivity index (χ2n) is 4.10. The molecule has 1 aromatic rings. The van der Waals surface area contributed by atoms with E-state index in [4.69, 9.17) is 5.26 Å². The van der Waals surface area contributed by atoms with E-state index in [2.05, 4.69) is 20.9 Å². The van der Waals surface area contributed by atoms with Crippen molar-refractivity contribution in [2.24, 2.45) is 0 Å².